The highest BCUT2D eigenvalue weighted by Crippen LogP contribution is 2.45. The molecule has 17 nitrogen and oxygen atoms in total. The van der Waals surface area contributed by atoms with Gasteiger partial charge in [-0.3, -0.25) is 37.3 Å². The minimum Gasteiger partial charge on any atom is -0.462 e. The fourth-order valence-electron chi connectivity index (χ4n) is 12.0. The fourth-order valence-corrected chi connectivity index (χ4v) is 13.6. The van der Waals surface area contributed by atoms with Gasteiger partial charge in [-0.05, 0) is 37.5 Å². The summed E-state index contributed by atoms with van der Waals surface area (Å²) in [5.41, 5.74) is 0. The molecule has 576 valence electrons. The molecule has 0 bridgehead atoms. The minimum absolute atomic E-state index is 0.108. The van der Waals surface area contributed by atoms with Crippen LogP contribution in [-0.2, 0) is 65.4 Å². The molecule has 0 aliphatic heterocycles. The molecule has 0 saturated heterocycles. The van der Waals surface area contributed by atoms with E-state index in [2.05, 4.69) is 41.5 Å². The van der Waals surface area contributed by atoms with Crippen LogP contribution in [-0.4, -0.2) is 96.7 Å². The van der Waals surface area contributed by atoms with Gasteiger partial charge in [-0.2, -0.15) is 0 Å². The van der Waals surface area contributed by atoms with E-state index in [0.717, 1.165) is 115 Å². The zero-order valence-electron chi connectivity index (χ0n) is 63.4. The third kappa shape index (κ3) is 72.2. The molecule has 0 saturated carbocycles. The Bertz CT molecular complexity index is 1870. The number of phosphoric ester groups is 2. The Morgan fingerprint density at radius 3 is 0.701 bits per heavy atom. The van der Waals surface area contributed by atoms with Crippen molar-refractivity contribution in [3.63, 3.8) is 0 Å². The molecular formula is C78H152O17P2. The van der Waals surface area contributed by atoms with Gasteiger partial charge in [0.1, 0.15) is 19.3 Å². The van der Waals surface area contributed by atoms with Gasteiger partial charge in [0, 0.05) is 25.7 Å². The van der Waals surface area contributed by atoms with E-state index in [1.807, 2.05) is 0 Å². The number of rotatable bonds is 77. The summed E-state index contributed by atoms with van der Waals surface area (Å²) < 4.78 is 68.5. The van der Waals surface area contributed by atoms with Crippen molar-refractivity contribution >= 4 is 39.5 Å². The smallest absolute Gasteiger partial charge is 0.462 e. The lowest BCUT2D eigenvalue weighted by Gasteiger charge is -2.21. The van der Waals surface area contributed by atoms with Crippen LogP contribution < -0.4 is 0 Å². The van der Waals surface area contributed by atoms with Crippen molar-refractivity contribution in [2.24, 2.45) is 11.8 Å². The lowest BCUT2D eigenvalue weighted by molar-refractivity contribution is -0.161. The van der Waals surface area contributed by atoms with Gasteiger partial charge in [-0.1, -0.05) is 356 Å². The Morgan fingerprint density at radius 2 is 0.474 bits per heavy atom. The first-order valence-corrected chi connectivity index (χ1v) is 43.5. The van der Waals surface area contributed by atoms with Crippen LogP contribution >= 0.6 is 15.6 Å². The van der Waals surface area contributed by atoms with Crippen LogP contribution in [0.4, 0.5) is 0 Å². The molecule has 0 aromatic rings. The van der Waals surface area contributed by atoms with Gasteiger partial charge >= 0.3 is 39.5 Å². The van der Waals surface area contributed by atoms with Gasteiger partial charge in [0.15, 0.2) is 12.2 Å². The Kier molecular flexibility index (Phi) is 68.4. The Morgan fingerprint density at radius 1 is 0.278 bits per heavy atom. The molecule has 2 unspecified atom stereocenters. The topological polar surface area (TPSA) is 237 Å². The number of esters is 4. The summed E-state index contributed by atoms with van der Waals surface area (Å²) in [5, 5.41) is 10.6. The third-order valence-electron chi connectivity index (χ3n) is 18.2. The third-order valence-corrected chi connectivity index (χ3v) is 20.1. The van der Waals surface area contributed by atoms with E-state index in [1.54, 1.807) is 0 Å². The highest BCUT2D eigenvalue weighted by molar-refractivity contribution is 7.47. The molecule has 19 heteroatoms. The molecule has 0 aliphatic carbocycles. The fraction of sp³-hybridized carbons (Fsp3) is 0.949. The van der Waals surface area contributed by atoms with E-state index < -0.39 is 97.5 Å². The second-order valence-electron chi connectivity index (χ2n) is 29.1. The van der Waals surface area contributed by atoms with E-state index in [4.69, 9.17) is 37.0 Å². The first-order chi connectivity index (χ1) is 46.9. The maximum absolute atomic E-state index is 13.1. The minimum atomic E-state index is -4.96. The maximum Gasteiger partial charge on any atom is 0.472 e. The normalized spacial score (nSPS) is 14.0. The molecule has 0 heterocycles. The number of unbranched alkanes of at least 4 members (excludes halogenated alkanes) is 47. The first kappa shape index (κ1) is 95.1. The first-order valence-electron chi connectivity index (χ1n) is 40.5. The number of aliphatic hydroxyl groups is 1. The molecular weight excluding hydrogens is 1270 g/mol. The van der Waals surface area contributed by atoms with Crippen LogP contribution in [0.3, 0.4) is 0 Å². The van der Waals surface area contributed by atoms with Gasteiger partial charge in [-0.25, -0.2) is 9.13 Å². The van der Waals surface area contributed by atoms with Gasteiger partial charge in [0.05, 0.1) is 26.4 Å². The summed E-state index contributed by atoms with van der Waals surface area (Å²) in [6.07, 6.45) is 58.4. The van der Waals surface area contributed by atoms with E-state index >= 15 is 0 Å². The van der Waals surface area contributed by atoms with Crippen LogP contribution in [0.25, 0.3) is 0 Å². The van der Waals surface area contributed by atoms with Crippen LogP contribution in [0.1, 0.15) is 408 Å². The van der Waals surface area contributed by atoms with Crippen molar-refractivity contribution in [2.45, 2.75) is 426 Å². The zero-order valence-corrected chi connectivity index (χ0v) is 65.2. The Labute approximate surface area is 594 Å². The number of carbonyl (C=O) groups excluding carboxylic acids is 4. The number of aliphatic hydroxyl groups excluding tert-OH is 1. The Balaban J connectivity index is 5.19. The van der Waals surface area contributed by atoms with Crippen molar-refractivity contribution < 1.29 is 80.2 Å². The predicted octanol–water partition coefficient (Wildman–Crippen LogP) is 23.1. The molecule has 0 spiro atoms. The van der Waals surface area contributed by atoms with Crippen LogP contribution in [0.15, 0.2) is 0 Å². The van der Waals surface area contributed by atoms with Crippen LogP contribution in [0, 0.1) is 11.8 Å². The lowest BCUT2D eigenvalue weighted by atomic mass is 10.0. The second-order valence-corrected chi connectivity index (χ2v) is 32.0. The summed E-state index contributed by atoms with van der Waals surface area (Å²) in [6, 6.07) is 0. The summed E-state index contributed by atoms with van der Waals surface area (Å²) >= 11 is 0. The highest BCUT2D eigenvalue weighted by Gasteiger charge is 2.30. The number of phosphoric acid groups is 2. The molecule has 0 radical (unpaired) electrons. The largest absolute Gasteiger partial charge is 0.472 e. The molecule has 0 rings (SSSR count). The summed E-state index contributed by atoms with van der Waals surface area (Å²) in [4.78, 5) is 72.8. The Hall–Kier alpha value is -1.94. The number of ether oxygens (including phenoxy) is 4. The van der Waals surface area contributed by atoms with E-state index in [-0.39, 0.29) is 25.7 Å². The highest BCUT2D eigenvalue weighted by atomic mass is 31.2. The van der Waals surface area contributed by atoms with Crippen LogP contribution in [0.2, 0.25) is 0 Å². The molecule has 97 heavy (non-hydrogen) atoms. The van der Waals surface area contributed by atoms with E-state index in [1.165, 1.54) is 212 Å². The maximum atomic E-state index is 13.1. The van der Waals surface area contributed by atoms with E-state index in [9.17, 15) is 43.2 Å². The molecule has 5 atom stereocenters. The lowest BCUT2D eigenvalue weighted by Crippen LogP contribution is -2.30. The van der Waals surface area contributed by atoms with Crippen molar-refractivity contribution in [1.82, 2.24) is 0 Å². The molecule has 0 aromatic carbocycles. The summed E-state index contributed by atoms with van der Waals surface area (Å²) in [7, 11) is -9.91. The number of carbonyl (C=O) groups is 4. The molecule has 0 aromatic heterocycles. The van der Waals surface area contributed by atoms with Crippen molar-refractivity contribution in [1.29, 1.82) is 0 Å². The van der Waals surface area contributed by atoms with Gasteiger partial charge in [-0.15, -0.1) is 0 Å². The quantitative estimate of drug-likeness (QED) is 0.0222. The monoisotopic (exact) mass is 1420 g/mol. The SMILES string of the molecule is CCCCCCCCCCCCCCCCC(=O)O[C@H](COC(=O)CCCCCCCCC)COP(=O)(O)OC[C@H](O)COP(=O)(O)OC[C@@H](COC(=O)CCCCCCCCCCCCCCCCC(C)C)OC(=O)CCCCCCCCCCCCCCCCCCC(C)C. The van der Waals surface area contributed by atoms with Crippen molar-refractivity contribution in [3.8, 4) is 0 Å². The van der Waals surface area contributed by atoms with Crippen molar-refractivity contribution in [3.05, 3.63) is 0 Å². The van der Waals surface area contributed by atoms with Gasteiger partial charge in [0.25, 0.3) is 0 Å². The molecule has 3 N–H and O–H groups in total. The number of hydrogen-bond acceptors (Lipinski definition) is 15. The molecule has 0 amide bonds. The summed E-state index contributed by atoms with van der Waals surface area (Å²) in [6.45, 7) is 9.63. The molecule has 0 aliphatic rings. The van der Waals surface area contributed by atoms with Crippen LogP contribution in [0.5, 0.6) is 0 Å². The second kappa shape index (κ2) is 69.8. The van der Waals surface area contributed by atoms with Gasteiger partial charge < -0.3 is 33.8 Å². The van der Waals surface area contributed by atoms with Gasteiger partial charge in [0.2, 0.25) is 0 Å². The molecule has 0 fully saturated rings. The zero-order chi connectivity index (χ0) is 71.4. The van der Waals surface area contributed by atoms with Crippen molar-refractivity contribution in [2.75, 3.05) is 39.6 Å². The average Bonchev–Trinajstić information content (AvgIpc) is 3.21. The number of hydrogen-bond donors (Lipinski definition) is 3. The van der Waals surface area contributed by atoms with E-state index in [0.29, 0.717) is 25.7 Å². The summed E-state index contributed by atoms with van der Waals surface area (Å²) in [5.74, 6) is -0.507. The predicted molar refractivity (Wildman–Crippen MR) is 395 cm³/mol. The average molecular weight is 1420 g/mol. The standard InChI is InChI=1S/C78H152O17P2/c1-7-9-11-13-15-16-17-18-27-33-38-44-50-56-62-77(82)94-73(66-88-75(80)60-54-48-40-14-12-10-8-2)68-92-96(84,85)90-64-72(79)65-91-97(86,87)93-69-74(67-89-76(81)61-55-49-43-37-32-28-24-23-26-31-36-42-47-53-59-71(5)6)95-78(83)63-57-51-45-39-34-29-22-20-19-21-25-30-35-41-46-52-58-70(3)4/h70-74,79H,7-69H2,1-6H3,(H,84,85)(H,86,87)/t72-,73+,74+/m0/s1.